The van der Waals surface area contributed by atoms with Gasteiger partial charge in [0.25, 0.3) is 11.8 Å². The zero-order valence-electron chi connectivity index (χ0n) is 14.3. The molecule has 0 aliphatic heterocycles. The predicted octanol–water partition coefficient (Wildman–Crippen LogP) is 0.867. The Morgan fingerprint density at radius 3 is 2.44 bits per heavy atom. The summed E-state index contributed by atoms with van der Waals surface area (Å²) in [4.78, 5) is 40.2. The first-order valence-electron chi connectivity index (χ1n) is 8.19. The number of nitrogens with zero attached hydrogens (tertiary/aromatic N) is 2. The van der Waals surface area contributed by atoms with Crippen LogP contribution in [0.2, 0.25) is 0 Å². The van der Waals surface area contributed by atoms with Crippen LogP contribution in [0.25, 0.3) is 11.3 Å². The van der Waals surface area contributed by atoms with Crippen molar-refractivity contribution in [1.82, 2.24) is 20.5 Å². The molecule has 8 nitrogen and oxygen atoms in total. The van der Waals surface area contributed by atoms with Gasteiger partial charge in [-0.05, 0) is 17.7 Å². The first-order chi connectivity index (χ1) is 13.1. The highest BCUT2D eigenvalue weighted by atomic mass is 16.2. The summed E-state index contributed by atoms with van der Waals surface area (Å²) < 4.78 is 0. The normalized spacial score (nSPS) is 11.6. The molecule has 1 unspecified atom stereocenters. The second-order valence-corrected chi connectivity index (χ2v) is 5.83. The van der Waals surface area contributed by atoms with Crippen molar-refractivity contribution >= 4 is 17.6 Å². The molecule has 27 heavy (non-hydrogen) atoms. The van der Waals surface area contributed by atoms with Gasteiger partial charge in [0.1, 0.15) is 11.7 Å². The molecule has 0 saturated carbocycles. The van der Waals surface area contributed by atoms with E-state index in [-0.39, 0.29) is 12.0 Å². The highest BCUT2D eigenvalue weighted by Gasteiger charge is 2.27. The van der Waals surface area contributed by atoms with Crippen molar-refractivity contribution in [3.8, 4) is 11.3 Å². The maximum atomic E-state index is 12.7. The van der Waals surface area contributed by atoms with E-state index in [0.29, 0.717) is 11.3 Å². The number of H-pyrrole nitrogens is 1. The van der Waals surface area contributed by atoms with Crippen LogP contribution in [0.15, 0.2) is 61.1 Å². The zero-order valence-corrected chi connectivity index (χ0v) is 14.3. The second-order valence-electron chi connectivity index (χ2n) is 5.83. The van der Waals surface area contributed by atoms with E-state index >= 15 is 0 Å². The van der Waals surface area contributed by atoms with Crippen molar-refractivity contribution in [2.75, 3.05) is 0 Å². The molecular formula is C19H17N5O3. The van der Waals surface area contributed by atoms with Gasteiger partial charge in [-0.25, -0.2) is 0 Å². The van der Waals surface area contributed by atoms with Gasteiger partial charge in [-0.15, -0.1) is 0 Å². The fourth-order valence-corrected chi connectivity index (χ4v) is 2.66. The molecule has 0 spiro atoms. The van der Waals surface area contributed by atoms with Gasteiger partial charge in [0.05, 0.1) is 5.56 Å². The van der Waals surface area contributed by atoms with Gasteiger partial charge in [0.2, 0.25) is 5.78 Å². The molecule has 0 bridgehead atoms. The summed E-state index contributed by atoms with van der Waals surface area (Å²) in [7, 11) is 0. The first-order valence-corrected chi connectivity index (χ1v) is 8.19. The van der Waals surface area contributed by atoms with Gasteiger partial charge in [-0.2, -0.15) is 5.10 Å². The maximum Gasteiger partial charge on any atom is 0.287 e. The fourth-order valence-electron chi connectivity index (χ4n) is 2.66. The number of rotatable bonds is 7. The minimum Gasteiger partial charge on any atom is -0.363 e. The van der Waals surface area contributed by atoms with Crippen LogP contribution < -0.4 is 11.1 Å². The van der Waals surface area contributed by atoms with E-state index in [1.807, 2.05) is 6.07 Å². The number of carbonyl (C=O) groups excluding carboxylic acids is 3. The van der Waals surface area contributed by atoms with Crippen molar-refractivity contribution in [2.45, 2.75) is 12.5 Å². The van der Waals surface area contributed by atoms with Gasteiger partial charge in [-0.1, -0.05) is 30.3 Å². The number of aromatic nitrogens is 3. The summed E-state index contributed by atoms with van der Waals surface area (Å²) in [6.45, 7) is 0. The molecule has 0 aliphatic rings. The summed E-state index contributed by atoms with van der Waals surface area (Å²) in [6.07, 6.45) is 4.75. The number of Topliss-reactive ketones (excluding diaryl/α,β-unsaturated/α-hetero) is 1. The molecule has 1 atom stereocenters. The number of hydrogen-bond donors (Lipinski definition) is 3. The Labute approximate surface area is 154 Å². The van der Waals surface area contributed by atoms with Gasteiger partial charge >= 0.3 is 0 Å². The van der Waals surface area contributed by atoms with Crippen LogP contribution in [0.4, 0.5) is 0 Å². The number of hydrogen-bond acceptors (Lipinski definition) is 5. The summed E-state index contributed by atoms with van der Waals surface area (Å²) in [6, 6.07) is 11.4. The third-order valence-corrected chi connectivity index (χ3v) is 3.99. The average Bonchev–Trinajstić information content (AvgIpc) is 3.18. The van der Waals surface area contributed by atoms with E-state index in [2.05, 4.69) is 20.5 Å². The minimum atomic E-state index is -1.10. The zero-order chi connectivity index (χ0) is 19.2. The molecule has 2 amide bonds. The van der Waals surface area contributed by atoms with Crippen LogP contribution in [0.5, 0.6) is 0 Å². The van der Waals surface area contributed by atoms with Gasteiger partial charge in [0.15, 0.2) is 0 Å². The van der Waals surface area contributed by atoms with E-state index in [1.165, 1.54) is 6.20 Å². The molecule has 0 saturated heterocycles. The van der Waals surface area contributed by atoms with Crippen LogP contribution in [0, 0.1) is 0 Å². The van der Waals surface area contributed by atoms with Crippen LogP contribution in [0.1, 0.15) is 15.9 Å². The van der Waals surface area contributed by atoms with E-state index in [0.717, 1.165) is 5.56 Å². The fraction of sp³-hybridized carbons (Fsp3) is 0.105. The van der Waals surface area contributed by atoms with E-state index in [4.69, 9.17) is 5.73 Å². The number of nitrogens with one attached hydrogen (secondary N) is 2. The third kappa shape index (κ3) is 4.24. The molecule has 3 rings (SSSR count). The molecule has 0 aliphatic carbocycles. The largest absolute Gasteiger partial charge is 0.363 e. The van der Waals surface area contributed by atoms with Crippen LogP contribution >= 0.6 is 0 Å². The standard InChI is InChI=1S/C19H17N5O3/c20-18(26)17(25)15(10-12-4-2-1-3-5-12)23-19(27)14-11-22-24-16(14)13-6-8-21-9-7-13/h1-9,11,15H,10H2,(H2,20,26)(H,22,24)(H,23,27). The van der Waals surface area contributed by atoms with Crippen LogP contribution in [0.3, 0.4) is 0 Å². The molecule has 136 valence electrons. The van der Waals surface area contributed by atoms with E-state index < -0.39 is 23.6 Å². The van der Waals surface area contributed by atoms with Crippen molar-refractivity contribution in [3.63, 3.8) is 0 Å². The van der Waals surface area contributed by atoms with Crippen molar-refractivity contribution < 1.29 is 14.4 Å². The molecule has 8 heteroatoms. The lowest BCUT2D eigenvalue weighted by Gasteiger charge is -2.16. The average molecular weight is 363 g/mol. The SMILES string of the molecule is NC(=O)C(=O)C(Cc1ccccc1)NC(=O)c1c[nH]nc1-c1ccncc1. The highest BCUT2D eigenvalue weighted by molar-refractivity contribution is 6.38. The van der Waals surface area contributed by atoms with E-state index in [9.17, 15) is 14.4 Å². The predicted molar refractivity (Wildman–Crippen MR) is 97.4 cm³/mol. The first kappa shape index (κ1) is 18.0. The van der Waals surface area contributed by atoms with Crippen molar-refractivity contribution in [2.24, 2.45) is 5.73 Å². The number of nitrogens with two attached hydrogens (primary N) is 1. The Bertz CT molecular complexity index is 954. The molecular weight excluding hydrogens is 346 g/mol. The summed E-state index contributed by atoms with van der Waals surface area (Å²) in [5.41, 5.74) is 7.29. The lowest BCUT2D eigenvalue weighted by atomic mass is 10.0. The number of amides is 2. The number of benzene rings is 1. The Hall–Kier alpha value is -3.81. The quantitative estimate of drug-likeness (QED) is 0.536. The Morgan fingerprint density at radius 1 is 1.07 bits per heavy atom. The molecule has 2 aromatic heterocycles. The number of ketones is 1. The van der Waals surface area contributed by atoms with Crippen molar-refractivity contribution in [1.29, 1.82) is 0 Å². The summed E-state index contributed by atoms with van der Waals surface area (Å²) >= 11 is 0. The third-order valence-electron chi connectivity index (χ3n) is 3.99. The Morgan fingerprint density at radius 2 is 1.78 bits per heavy atom. The minimum absolute atomic E-state index is 0.150. The highest BCUT2D eigenvalue weighted by Crippen LogP contribution is 2.20. The molecule has 0 fully saturated rings. The maximum absolute atomic E-state index is 12.7. The Kier molecular flexibility index (Phi) is 5.36. The molecule has 4 N–H and O–H groups in total. The number of aromatic amines is 1. The second kappa shape index (κ2) is 8.05. The van der Waals surface area contributed by atoms with E-state index in [1.54, 1.807) is 48.8 Å². The van der Waals surface area contributed by atoms with Gasteiger partial charge < -0.3 is 11.1 Å². The monoisotopic (exact) mass is 363 g/mol. The Balaban J connectivity index is 1.84. The smallest absolute Gasteiger partial charge is 0.287 e. The molecule has 0 radical (unpaired) electrons. The van der Waals surface area contributed by atoms with Crippen LogP contribution in [-0.4, -0.2) is 38.8 Å². The molecule has 2 heterocycles. The van der Waals surface area contributed by atoms with Gasteiger partial charge in [-0.3, -0.25) is 24.5 Å². The summed E-state index contributed by atoms with van der Waals surface area (Å²) in [5.74, 6) is -2.50. The van der Waals surface area contributed by atoms with Crippen LogP contribution in [-0.2, 0) is 16.0 Å². The van der Waals surface area contributed by atoms with Gasteiger partial charge in [0, 0.05) is 30.6 Å². The topological polar surface area (TPSA) is 131 Å². The lowest BCUT2D eigenvalue weighted by molar-refractivity contribution is -0.137. The summed E-state index contributed by atoms with van der Waals surface area (Å²) in [5, 5.41) is 9.33. The number of carbonyl (C=O) groups is 3. The number of pyridine rings is 1. The molecule has 1 aromatic carbocycles. The lowest BCUT2D eigenvalue weighted by Crippen LogP contribution is -2.47. The molecule has 3 aromatic rings. The number of primary amides is 1. The van der Waals surface area contributed by atoms with Crippen molar-refractivity contribution in [3.05, 3.63) is 72.2 Å².